The average Bonchev–Trinajstić information content (AvgIpc) is 2.99. The molecule has 30 heavy (non-hydrogen) atoms. The number of nitrogens with zero attached hydrogens (tertiary/aromatic N) is 1. The first-order valence-electron chi connectivity index (χ1n) is 9.57. The highest BCUT2D eigenvalue weighted by molar-refractivity contribution is 6.21. The van der Waals surface area contributed by atoms with E-state index in [1.54, 1.807) is 55.5 Å². The third-order valence-electron chi connectivity index (χ3n) is 5.21. The monoisotopic (exact) mass is 405 g/mol. The summed E-state index contributed by atoms with van der Waals surface area (Å²) in [5.41, 5.74) is -0.110. The highest BCUT2D eigenvalue weighted by Gasteiger charge is 2.37. The molecule has 0 radical (unpaired) electrons. The van der Waals surface area contributed by atoms with Gasteiger partial charge in [0.15, 0.2) is 0 Å². The molecule has 1 N–H and O–H groups in total. The molecule has 0 saturated heterocycles. The van der Waals surface area contributed by atoms with Crippen LogP contribution in [0.3, 0.4) is 0 Å². The minimum atomic E-state index is -1.37. The lowest BCUT2D eigenvalue weighted by atomic mass is 9.91. The van der Waals surface area contributed by atoms with Crippen LogP contribution >= 0.6 is 0 Å². The minimum Gasteiger partial charge on any atom is -0.457 e. The maximum atomic E-state index is 13.1. The number of amides is 2. The van der Waals surface area contributed by atoms with Gasteiger partial charge in [0.2, 0.25) is 0 Å². The van der Waals surface area contributed by atoms with Crippen molar-refractivity contribution < 1.29 is 23.8 Å². The molecule has 1 aliphatic rings. The normalized spacial score (nSPS) is 15.1. The second-order valence-corrected chi connectivity index (χ2v) is 7.38. The van der Waals surface area contributed by atoms with Gasteiger partial charge < -0.3 is 9.84 Å². The van der Waals surface area contributed by atoms with Crippen LogP contribution in [0, 0.1) is 5.82 Å². The van der Waals surface area contributed by atoms with Gasteiger partial charge in [0.05, 0.1) is 16.7 Å². The summed E-state index contributed by atoms with van der Waals surface area (Å²) in [6.45, 7) is 1.67. The predicted molar refractivity (Wildman–Crippen MR) is 109 cm³/mol. The summed E-state index contributed by atoms with van der Waals surface area (Å²) in [4.78, 5) is 26.3. The molecule has 1 unspecified atom stereocenters. The number of benzene rings is 3. The second kappa shape index (κ2) is 7.72. The first kappa shape index (κ1) is 19.8. The fraction of sp³-hybridized carbons (Fsp3) is 0.167. The number of fused-ring (bicyclic) bond motifs is 1. The second-order valence-electron chi connectivity index (χ2n) is 7.38. The SMILES string of the molecule is CC(O)(CCN1C(=O)c2ccccc2C1=O)c1ccccc1Oc1ccc(F)cc1. The van der Waals surface area contributed by atoms with E-state index < -0.39 is 5.60 Å². The standard InChI is InChI=1S/C24H20FNO4/c1-24(29,14-15-26-22(27)18-6-2-3-7-19(18)23(26)28)20-8-4-5-9-21(20)30-17-12-10-16(25)11-13-17/h2-13,29H,14-15H2,1H3. The van der Waals surface area contributed by atoms with Crippen LogP contribution in [0.1, 0.15) is 39.6 Å². The van der Waals surface area contributed by atoms with E-state index in [2.05, 4.69) is 0 Å². The van der Waals surface area contributed by atoms with E-state index >= 15 is 0 Å². The first-order chi connectivity index (χ1) is 14.4. The Hall–Kier alpha value is -3.51. The molecule has 2 amide bonds. The van der Waals surface area contributed by atoms with Crippen LogP contribution in [0.5, 0.6) is 11.5 Å². The van der Waals surface area contributed by atoms with Crippen molar-refractivity contribution in [1.29, 1.82) is 0 Å². The third kappa shape index (κ3) is 3.69. The smallest absolute Gasteiger partial charge is 0.261 e. The van der Waals surface area contributed by atoms with E-state index in [0.717, 1.165) is 4.90 Å². The van der Waals surface area contributed by atoms with Crippen molar-refractivity contribution in [3.05, 3.63) is 95.3 Å². The molecular formula is C24H20FNO4. The summed E-state index contributed by atoms with van der Waals surface area (Å²) >= 11 is 0. The number of para-hydroxylation sites is 1. The van der Waals surface area contributed by atoms with Crippen molar-refractivity contribution in [1.82, 2.24) is 4.90 Å². The zero-order chi connectivity index (χ0) is 21.3. The lowest BCUT2D eigenvalue weighted by Crippen LogP contribution is -2.35. The summed E-state index contributed by atoms with van der Waals surface area (Å²) in [5, 5.41) is 11.1. The number of halogens is 1. The highest BCUT2D eigenvalue weighted by Crippen LogP contribution is 2.36. The van der Waals surface area contributed by atoms with Gasteiger partial charge >= 0.3 is 0 Å². The Labute approximate surface area is 173 Å². The topological polar surface area (TPSA) is 66.8 Å². The van der Waals surface area contributed by atoms with Crippen LogP contribution < -0.4 is 4.74 Å². The summed E-state index contributed by atoms with van der Waals surface area (Å²) in [6.07, 6.45) is 0.127. The summed E-state index contributed by atoms with van der Waals surface area (Å²) in [5.74, 6) is -0.246. The Balaban J connectivity index is 1.53. The van der Waals surface area contributed by atoms with Crippen LogP contribution in [0.2, 0.25) is 0 Å². The Morgan fingerprint density at radius 2 is 1.47 bits per heavy atom. The van der Waals surface area contributed by atoms with Crippen molar-refractivity contribution in [2.45, 2.75) is 18.9 Å². The number of carbonyl (C=O) groups excluding carboxylic acids is 2. The average molecular weight is 405 g/mol. The van der Waals surface area contributed by atoms with E-state index in [4.69, 9.17) is 4.74 Å². The molecule has 3 aromatic carbocycles. The van der Waals surface area contributed by atoms with Crippen LogP contribution in [-0.2, 0) is 5.60 Å². The maximum absolute atomic E-state index is 13.1. The van der Waals surface area contributed by atoms with Gasteiger partial charge in [-0.05, 0) is 55.8 Å². The number of imide groups is 1. The Morgan fingerprint density at radius 1 is 0.900 bits per heavy atom. The fourth-order valence-corrected chi connectivity index (χ4v) is 3.54. The molecule has 3 aromatic rings. The van der Waals surface area contributed by atoms with Gasteiger partial charge in [-0.25, -0.2) is 4.39 Å². The molecular weight excluding hydrogens is 385 g/mol. The third-order valence-corrected chi connectivity index (χ3v) is 5.21. The number of hydrogen-bond acceptors (Lipinski definition) is 4. The van der Waals surface area contributed by atoms with Gasteiger partial charge in [-0.15, -0.1) is 0 Å². The molecule has 1 aliphatic heterocycles. The predicted octanol–water partition coefficient (Wildman–Crippen LogP) is 4.51. The van der Waals surface area contributed by atoms with Crippen LogP contribution in [0.15, 0.2) is 72.8 Å². The lowest BCUT2D eigenvalue weighted by molar-refractivity contribution is 0.0326. The van der Waals surface area contributed by atoms with Gasteiger partial charge in [-0.3, -0.25) is 14.5 Å². The molecule has 0 bridgehead atoms. The summed E-state index contributed by atoms with van der Waals surface area (Å²) in [6, 6.07) is 19.2. The van der Waals surface area contributed by atoms with Crippen molar-refractivity contribution in [3.8, 4) is 11.5 Å². The largest absolute Gasteiger partial charge is 0.457 e. The Bertz CT molecular complexity index is 1070. The molecule has 1 heterocycles. The van der Waals surface area contributed by atoms with Crippen molar-refractivity contribution in [2.75, 3.05) is 6.54 Å². The van der Waals surface area contributed by atoms with Crippen LogP contribution in [-0.4, -0.2) is 28.4 Å². The first-order valence-corrected chi connectivity index (χ1v) is 9.57. The molecule has 5 nitrogen and oxygen atoms in total. The van der Waals surface area contributed by atoms with Gasteiger partial charge in [0.1, 0.15) is 17.3 Å². The molecule has 0 fully saturated rings. The van der Waals surface area contributed by atoms with Crippen molar-refractivity contribution >= 4 is 11.8 Å². The van der Waals surface area contributed by atoms with Gasteiger partial charge in [0.25, 0.3) is 11.8 Å². The van der Waals surface area contributed by atoms with E-state index in [-0.39, 0.29) is 30.6 Å². The van der Waals surface area contributed by atoms with E-state index in [1.165, 1.54) is 24.3 Å². The molecule has 6 heteroatoms. The Morgan fingerprint density at radius 3 is 2.10 bits per heavy atom. The van der Waals surface area contributed by atoms with E-state index in [9.17, 15) is 19.1 Å². The molecule has 0 saturated carbocycles. The fourth-order valence-electron chi connectivity index (χ4n) is 3.54. The van der Waals surface area contributed by atoms with Crippen LogP contribution in [0.4, 0.5) is 4.39 Å². The van der Waals surface area contributed by atoms with Crippen molar-refractivity contribution in [3.63, 3.8) is 0 Å². The molecule has 4 rings (SSSR count). The number of carbonyl (C=O) groups is 2. The zero-order valence-electron chi connectivity index (χ0n) is 16.3. The number of hydrogen-bond donors (Lipinski definition) is 1. The van der Waals surface area contributed by atoms with Crippen molar-refractivity contribution in [2.24, 2.45) is 0 Å². The van der Waals surface area contributed by atoms with E-state index in [0.29, 0.717) is 28.2 Å². The molecule has 152 valence electrons. The highest BCUT2D eigenvalue weighted by atomic mass is 19.1. The minimum absolute atomic E-state index is 0.0598. The molecule has 1 atom stereocenters. The molecule has 0 aliphatic carbocycles. The van der Waals surface area contributed by atoms with E-state index in [1.807, 2.05) is 0 Å². The molecule has 0 spiro atoms. The van der Waals surface area contributed by atoms with Gasteiger partial charge in [0, 0.05) is 12.1 Å². The molecule has 0 aromatic heterocycles. The number of aliphatic hydroxyl groups is 1. The van der Waals surface area contributed by atoms with Gasteiger partial charge in [-0.1, -0.05) is 30.3 Å². The van der Waals surface area contributed by atoms with Crippen LogP contribution in [0.25, 0.3) is 0 Å². The lowest BCUT2D eigenvalue weighted by Gasteiger charge is -2.28. The maximum Gasteiger partial charge on any atom is 0.261 e. The number of rotatable bonds is 6. The summed E-state index contributed by atoms with van der Waals surface area (Å²) in [7, 11) is 0. The Kier molecular flexibility index (Phi) is 5.10. The number of ether oxygens (including phenoxy) is 1. The quantitative estimate of drug-likeness (QED) is 0.613. The zero-order valence-corrected chi connectivity index (χ0v) is 16.3. The summed E-state index contributed by atoms with van der Waals surface area (Å²) < 4.78 is 19.0. The van der Waals surface area contributed by atoms with Gasteiger partial charge in [-0.2, -0.15) is 0 Å².